The highest BCUT2D eigenvalue weighted by molar-refractivity contribution is 5.69. The molecule has 19 heavy (non-hydrogen) atoms. The zero-order chi connectivity index (χ0) is 13.6. The maximum Gasteiger partial charge on any atom is 0.332 e. The van der Waals surface area contributed by atoms with Gasteiger partial charge in [0.2, 0.25) is 0 Å². The second-order valence-electron chi connectivity index (χ2n) is 4.09. The van der Waals surface area contributed by atoms with Crippen LogP contribution in [-0.4, -0.2) is 39.3 Å². The van der Waals surface area contributed by atoms with Crippen LogP contribution in [0.25, 0.3) is 11.2 Å². The van der Waals surface area contributed by atoms with Crippen molar-refractivity contribution in [1.29, 1.82) is 0 Å². The molecule has 10 nitrogen and oxygen atoms in total. The summed E-state index contributed by atoms with van der Waals surface area (Å²) in [7, 11) is 3.25. The highest BCUT2D eigenvalue weighted by Crippen LogP contribution is 2.03. The molecule has 0 bridgehead atoms. The van der Waals surface area contributed by atoms with E-state index in [2.05, 4.69) is 25.6 Å². The van der Waals surface area contributed by atoms with Crippen molar-refractivity contribution in [3.63, 3.8) is 0 Å². The number of hydrogen-bond donors (Lipinski definition) is 1. The van der Waals surface area contributed by atoms with E-state index in [9.17, 15) is 9.59 Å². The van der Waals surface area contributed by atoms with Gasteiger partial charge in [0.1, 0.15) is 0 Å². The monoisotopic (exact) mass is 262 g/mol. The number of nitrogens with one attached hydrogen (secondary N) is 1. The van der Waals surface area contributed by atoms with Crippen molar-refractivity contribution in [3.05, 3.63) is 33.0 Å². The van der Waals surface area contributed by atoms with Crippen LogP contribution in [0.1, 0.15) is 5.82 Å². The Morgan fingerprint density at radius 1 is 1.32 bits per heavy atom. The fraction of sp³-hybridized carbons (Fsp3) is 0.333. The van der Waals surface area contributed by atoms with E-state index in [1.165, 1.54) is 10.9 Å². The van der Waals surface area contributed by atoms with Crippen LogP contribution in [0.15, 0.2) is 15.9 Å². The van der Waals surface area contributed by atoms with E-state index in [1.807, 2.05) is 0 Å². The Morgan fingerprint density at radius 3 is 2.79 bits per heavy atom. The van der Waals surface area contributed by atoms with Gasteiger partial charge in [0.25, 0.3) is 5.56 Å². The highest BCUT2D eigenvalue weighted by atomic mass is 16.2. The van der Waals surface area contributed by atoms with Gasteiger partial charge in [-0.2, -0.15) is 5.21 Å². The summed E-state index contributed by atoms with van der Waals surface area (Å²) in [5, 5.41) is 13.1. The molecule has 0 aromatic carbocycles. The van der Waals surface area contributed by atoms with E-state index < -0.39 is 11.2 Å². The zero-order valence-electron chi connectivity index (χ0n) is 10.2. The first-order valence-corrected chi connectivity index (χ1v) is 5.42. The second-order valence-corrected chi connectivity index (χ2v) is 4.09. The molecule has 3 aromatic heterocycles. The SMILES string of the molecule is Cn1cnc2c1c(=O)n(Cc1nn[nH]n1)c(=O)n2C. The molecule has 10 heteroatoms. The van der Waals surface area contributed by atoms with Gasteiger partial charge in [0.05, 0.1) is 12.9 Å². The Balaban J connectivity index is 2.33. The molecule has 0 fully saturated rings. The van der Waals surface area contributed by atoms with Crippen molar-refractivity contribution in [3.8, 4) is 0 Å². The van der Waals surface area contributed by atoms with Crippen molar-refractivity contribution in [2.24, 2.45) is 14.1 Å². The van der Waals surface area contributed by atoms with Crippen LogP contribution in [-0.2, 0) is 20.6 Å². The van der Waals surface area contributed by atoms with Gasteiger partial charge in [-0.3, -0.25) is 13.9 Å². The van der Waals surface area contributed by atoms with Gasteiger partial charge in [0, 0.05) is 14.1 Å². The molecule has 3 aromatic rings. The van der Waals surface area contributed by atoms with E-state index in [0.29, 0.717) is 11.2 Å². The lowest BCUT2D eigenvalue weighted by atomic mass is 10.4. The summed E-state index contributed by atoms with van der Waals surface area (Å²) in [4.78, 5) is 28.5. The van der Waals surface area contributed by atoms with E-state index >= 15 is 0 Å². The smallest absolute Gasteiger partial charge is 0.328 e. The summed E-state index contributed by atoms with van der Waals surface area (Å²) < 4.78 is 3.94. The molecule has 0 aliphatic rings. The molecular weight excluding hydrogens is 252 g/mol. The predicted octanol–water partition coefficient (Wildman–Crippen LogP) is -2.00. The molecule has 0 unspecified atom stereocenters. The number of aryl methyl sites for hydroxylation is 2. The fourth-order valence-corrected chi connectivity index (χ4v) is 1.93. The number of H-pyrrole nitrogens is 1. The Morgan fingerprint density at radius 2 is 2.11 bits per heavy atom. The minimum absolute atomic E-state index is 0.0386. The molecule has 3 rings (SSSR count). The lowest BCUT2D eigenvalue weighted by Crippen LogP contribution is -2.40. The Kier molecular flexibility index (Phi) is 2.30. The summed E-state index contributed by atoms with van der Waals surface area (Å²) >= 11 is 0. The molecular formula is C9H10N8O2. The van der Waals surface area contributed by atoms with Crippen molar-refractivity contribution in [2.75, 3.05) is 0 Å². The number of fused-ring (bicyclic) bond motifs is 1. The largest absolute Gasteiger partial charge is 0.332 e. The van der Waals surface area contributed by atoms with Gasteiger partial charge in [-0.15, -0.1) is 10.2 Å². The van der Waals surface area contributed by atoms with Crippen LogP contribution >= 0.6 is 0 Å². The third-order valence-corrected chi connectivity index (χ3v) is 2.89. The first kappa shape index (κ1) is 11.3. The first-order valence-electron chi connectivity index (χ1n) is 5.42. The highest BCUT2D eigenvalue weighted by Gasteiger charge is 2.15. The molecule has 3 heterocycles. The maximum absolute atomic E-state index is 12.3. The van der Waals surface area contributed by atoms with E-state index in [0.717, 1.165) is 4.57 Å². The van der Waals surface area contributed by atoms with Gasteiger partial charge in [-0.05, 0) is 0 Å². The quantitative estimate of drug-likeness (QED) is 0.570. The second kappa shape index (κ2) is 3.86. The van der Waals surface area contributed by atoms with Gasteiger partial charge >= 0.3 is 5.69 Å². The molecule has 0 aliphatic heterocycles. The Bertz CT molecular complexity index is 853. The van der Waals surface area contributed by atoms with Crippen LogP contribution < -0.4 is 11.2 Å². The number of hydrogen-bond acceptors (Lipinski definition) is 6. The Hall–Kier alpha value is -2.78. The topological polar surface area (TPSA) is 116 Å². The Labute approximate surface area is 105 Å². The molecule has 0 spiro atoms. The number of imidazole rings is 1. The standard InChI is InChI=1S/C9H10N8O2/c1-15-4-10-7-6(15)8(18)17(9(19)16(7)2)3-5-11-13-14-12-5/h4H,3H2,1-2H3,(H,11,12,13,14). The summed E-state index contributed by atoms with van der Waals surface area (Å²) in [5.74, 6) is 0.265. The normalized spacial score (nSPS) is 11.3. The number of aromatic nitrogens is 8. The van der Waals surface area contributed by atoms with E-state index in [-0.39, 0.29) is 12.4 Å². The van der Waals surface area contributed by atoms with Crippen LogP contribution in [0.4, 0.5) is 0 Å². The molecule has 0 radical (unpaired) electrons. The fourth-order valence-electron chi connectivity index (χ4n) is 1.93. The lowest BCUT2D eigenvalue weighted by molar-refractivity contribution is 0.634. The summed E-state index contributed by atoms with van der Waals surface area (Å²) in [5.41, 5.74) is -0.198. The van der Waals surface area contributed by atoms with Gasteiger partial charge in [-0.25, -0.2) is 9.78 Å². The number of aromatic amines is 1. The molecule has 0 amide bonds. The summed E-state index contributed by atoms with van der Waals surface area (Å²) in [6, 6.07) is 0. The van der Waals surface area contributed by atoms with Crippen molar-refractivity contribution >= 4 is 11.2 Å². The van der Waals surface area contributed by atoms with Crippen LogP contribution in [0.5, 0.6) is 0 Å². The molecule has 0 saturated heterocycles. The number of nitrogens with zero attached hydrogens (tertiary/aromatic N) is 7. The van der Waals surface area contributed by atoms with Gasteiger partial charge < -0.3 is 4.57 Å². The summed E-state index contributed by atoms with van der Waals surface area (Å²) in [6.45, 7) is -0.0386. The predicted molar refractivity (Wildman–Crippen MR) is 63.5 cm³/mol. The average Bonchev–Trinajstić information content (AvgIpc) is 3.01. The van der Waals surface area contributed by atoms with E-state index in [4.69, 9.17) is 0 Å². The zero-order valence-corrected chi connectivity index (χ0v) is 10.2. The van der Waals surface area contributed by atoms with Crippen LogP contribution in [0.2, 0.25) is 0 Å². The molecule has 98 valence electrons. The van der Waals surface area contributed by atoms with Gasteiger partial charge in [0.15, 0.2) is 17.0 Å². The minimum Gasteiger partial charge on any atom is -0.328 e. The molecule has 0 atom stereocenters. The van der Waals surface area contributed by atoms with Crippen molar-refractivity contribution in [2.45, 2.75) is 6.54 Å². The summed E-state index contributed by atoms with van der Waals surface area (Å²) in [6.07, 6.45) is 1.49. The maximum atomic E-state index is 12.3. The lowest BCUT2D eigenvalue weighted by Gasteiger charge is -2.06. The van der Waals surface area contributed by atoms with Crippen molar-refractivity contribution in [1.82, 2.24) is 39.3 Å². The van der Waals surface area contributed by atoms with Crippen molar-refractivity contribution < 1.29 is 0 Å². The van der Waals surface area contributed by atoms with Crippen LogP contribution in [0.3, 0.4) is 0 Å². The number of tetrazole rings is 1. The molecule has 0 aliphatic carbocycles. The third-order valence-electron chi connectivity index (χ3n) is 2.89. The van der Waals surface area contributed by atoms with E-state index in [1.54, 1.807) is 18.7 Å². The molecule has 0 saturated carbocycles. The molecule has 1 N–H and O–H groups in total. The minimum atomic E-state index is -0.471. The van der Waals surface area contributed by atoms with Crippen LogP contribution in [0, 0.1) is 0 Å². The third kappa shape index (κ3) is 1.57. The number of rotatable bonds is 2. The first-order chi connectivity index (χ1) is 9.09. The van der Waals surface area contributed by atoms with Gasteiger partial charge in [-0.1, -0.05) is 5.21 Å². The average molecular weight is 262 g/mol.